The van der Waals surface area contributed by atoms with Crippen molar-refractivity contribution in [3.8, 4) is 22.8 Å². The Kier molecular flexibility index (Phi) is 5.43. The normalized spacial score (nSPS) is 12.4. The maximum atomic E-state index is 12.9. The second kappa shape index (κ2) is 7.81. The van der Waals surface area contributed by atoms with E-state index in [1.165, 1.54) is 23.1 Å². The van der Waals surface area contributed by atoms with Crippen LogP contribution in [0.5, 0.6) is 5.75 Å². The summed E-state index contributed by atoms with van der Waals surface area (Å²) in [5.41, 5.74) is 1.99. The number of rotatable bonds is 6. The van der Waals surface area contributed by atoms with Gasteiger partial charge in [-0.2, -0.15) is 27.1 Å². The number of benzene rings is 2. The number of alkyl halides is 5. The third-order valence-electron chi connectivity index (χ3n) is 3.72. The minimum Gasteiger partial charge on any atom is -0.426 e. The molecule has 0 saturated heterocycles. The number of ether oxygens (including phenoxy) is 1. The molecule has 29 heavy (non-hydrogen) atoms. The Balaban J connectivity index is 1.73. The first-order chi connectivity index (χ1) is 13.7. The zero-order valence-corrected chi connectivity index (χ0v) is 14.5. The molecule has 1 aromatic heterocycles. The van der Waals surface area contributed by atoms with Crippen LogP contribution < -0.4 is 10.6 Å². The molecule has 0 bridgehead atoms. The molecule has 0 aliphatic heterocycles. The molecule has 7 nitrogen and oxygen atoms in total. The first-order valence-corrected chi connectivity index (χ1v) is 8.01. The summed E-state index contributed by atoms with van der Waals surface area (Å²) in [4.78, 5) is 4.16. The molecule has 3 rings (SSSR count). The molecule has 3 aromatic rings. The fraction of sp³-hybridized carbons (Fsp3) is 0.176. The number of hydrogen-bond acceptors (Lipinski definition) is 5. The van der Waals surface area contributed by atoms with Gasteiger partial charge in [0.25, 0.3) is 0 Å². The average molecular weight is 412 g/mol. The van der Waals surface area contributed by atoms with Crippen LogP contribution in [-0.4, -0.2) is 27.0 Å². The van der Waals surface area contributed by atoms with Crippen LogP contribution >= 0.6 is 0 Å². The maximum Gasteiger partial charge on any atom is 0.499 e. The quantitative estimate of drug-likeness (QED) is 0.283. The summed E-state index contributed by atoms with van der Waals surface area (Å²) in [7, 11) is 0. The van der Waals surface area contributed by atoms with Crippen molar-refractivity contribution < 1.29 is 26.7 Å². The van der Waals surface area contributed by atoms with Gasteiger partial charge in [-0.15, -0.1) is 5.10 Å². The van der Waals surface area contributed by atoms with Gasteiger partial charge in [-0.1, -0.05) is 29.5 Å². The minimum atomic E-state index is -5.81. The predicted molar refractivity (Wildman–Crippen MR) is 91.2 cm³/mol. The van der Waals surface area contributed by atoms with Gasteiger partial charge in [0, 0.05) is 5.56 Å². The molecule has 12 heteroatoms. The second-order valence-corrected chi connectivity index (χ2v) is 5.74. The van der Waals surface area contributed by atoms with Gasteiger partial charge in [0.05, 0.1) is 12.2 Å². The molecular weight excluding hydrogens is 399 g/mol. The summed E-state index contributed by atoms with van der Waals surface area (Å²) in [6.45, 7) is 0.334. The number of nitrogens with two attached hydrogens (primary N) is 1. The summed E-state index contributed by atoms with van der Waals surface area (Å²) < 4.78 is 67.6. The van der Waals surface area contributed by atoms with Crippen molar-refractivity contribution in [3.63, 3.8) is 0 Å². The monoisotopic (exact) mass is 412 g/mol. The Morgan fingerprint density at radius 3 is 2.21 bits per heavy atom. The highest BCUT2D eigenvalue weighted by Crippen LogP contribution is 2.37. The van der Waals surface area contributed by atoms with Gasteiger partial charge in [-0.3, -0.25) is 0 Å². The molecule has 2 N–H and O–H groups in total. The molecule has 0 saturated carbocycles. The van der Waals surface area contributed by atoms with Crippen LogP contribution in [0.2, 0.25) is 0 Å². The van der Waals surface area contributed by atoms with E-state index in [4.69, 9.17) is 5.84 Å². The summed E-state index contributed by atoms with van der Waals surface area (Å²) in [6, 6.07) is 11.7. The van der Waals surface area contributed by atoms with E-state index in [9.17, 15) is 22.0 Å². The number of aromatic nitrogens is 3. The Morgan fingerprint density at radius 1 is 0.966 bits per heavy atom. The van der Waals surface area contributed by atoms with E-state index in [-0.39, 0.29) is 0 Å². The molecule has 0 spiro atoms. The average Bonchev–Trinajstić information content (AvgIpc) is 3.16. The van der Waals surface area contributed by atoms with Crippen molar-refractivity contribution in [2.45, 2.75) is 18.8 Å². The summed E-state index contributed by atoms with van der Waals surface area (Å²) in [5, 5.41) is 11.1. The zero-order valence-electron chi connectivity index (χ0n) is 14.5. The van der Waals surface area contributed by atoms with Crippen molar-refractivity contribution in [3.05, 3.63) is 60.4 Å². The van der Waals surface area contributed by atoms with E-state index in [2.05, 4.69) is 25.2 Å². The molecule has 0 fully saturated rings. The van der Waals surface area contributed by atoms with Gasteiger partial charge < -0.3 is 10.6 Å². The van der Waals surface area contributed by atoms with Gasteiger partial charge in [-0.25, -0.2) is 9.67 Å². The van der Waals surface area contributed by atoms with Crippen LogP contribution in [0.4, 0.5) is 22.0 Å². The lowest BCUT2D eigenvalue weighted by atomic mass is 10.1. The first kappa shape index (κ1) is 20.2. The lowest BCUT2D eigenvalue weighted by Gasteiger charge is -2.20. The van der Waals surface area contributed by atoms with Crippen molar-refractivity contribution in [2.24, 2.45) is 16.2 Å². The Morgan fingerprint density at radius 2 is 1.62 bits per heavy atom. The van der Waals surface area contributed by atoms with E-state index in [1.807, 2.05) is 0 Å². The zero-order chi connectivity index (χ0) is 21.1. The van der Waals surface area contributed by atoms with Gasteiger partial charge in [0.1, 0.15) is 12.1 Å². The fourth-order valence-corrected chi connectivity index (χ4v) is 2.27. The molecule has 2 aromatic carbocycles. The molecule has 0 aliphatic carbocycles. The Labute approximate surface area is 160 Å². The van der Waals surface area contributed by atoms with Crippen molar-refractivity contribution >= 4 is 0 Å². The minimum absolute atomic E-state index is 0.334. The smallest absolute Gasteiger partial charge is 0.426 e. The third-order valence-corrected chi connectivity index (χ3v) is 3.72. The van der Waals surface area contributed by atoms with E-state index < -0.39 is 18.0 Å². The number of nitrogens with zero attached hydrogens (tertiary/aromatic N) is 5. The SMILES string of the molecule is NN=NCc1ccc(-c2ncn(-c3ccc(OC(F)(F)C(F)(F)F)cc3)n2)cc1. The highest BCUT2D eigenvalue weighted by Gasteiger charge is 2.61. The number of halogens is 5. The van der Waals surface area contributed by atoms with Crippen LogP contribution in [0.3, 0.4) is 0 Å². The van der Waals surface area contributed by atoms with Crippen LogP contribution in [-0.2, 0) is 6.54 Å². The van der Waals surface area contributed by atoms with E-state index in [0.29, 0.717) is 23.6 Å². The predicted octanol–water partition coefficient (Wildman–Crippen LogP) is 4.29. The fourth-order valence-electron chi connectivity index (χ4n) is 2.27. The summed E-state index contributed by atoms with van der Waals surface area (Å²) in [6.07, 6.45) is -9.71. The topological polar surface area (TPSA) is 90.7 Å². The van der Waals surface area contributed by atoms with E-state index in [1.54, 1.807) is 24.3 Å². The first-order valence-electron chi connectivity index (χ1n) is 8.01. The third kappa shape index (κ3) is 4.65. The van der Waals surface area contributed by atoms with Crippen LogP contribution in [0.25, 0.3) is 17.1 Å². The highest BCUT2D eigenvalue weighted by molar-refractivity contribution is 5.55. The van der Waals surface area contributed by atoms with Crippen molar-refractivity contribution in [1.29, 1.82) is 0 Å². The largest absolute Gasteiger partial charge is 0.499 e. The van der Waals surface area contributed by atoms with Gasteiger partial charge >= 0.3 is 12.3 Å². The van der Waals surface area contributed by atoms with Crippen LogP contribution in [0.1, 0.15) is 5.56 Å². The van der Waals surface area contributed by atoms with E-state index >= 15 is 0 Å². The lowest BCUT2D eigenvalue weighted by Crippen LogP contribution is -2.41. The van der Waals surface area contributed by atoms with Crippen molar-refractivity contribution in [1.82, 2.24) is 14.8 Å². The van der Waals surface area contributed by atoms with E-state index in [0.717, 1.165) is 17.7 Å². The molecule has 0 radical (unpaired) electrons. The van der Waals surface area contributed by atoms with Crippen LogP contribution in [0.15, 0.2) is 65.2 Å². The molecule has 0 unspecified atom stereocenters. The van der Waals surface area contributed by atoms with Crippen molar-refractivity contribution in [2.75, 3.05) is 0 Å². The molecule has 0 amide bonds. The molecule has 1 heterocycles. The second-order valence-electron chi connectivity index (χ2n) is 5.74. The standard InChI is InChI=1S/C17H13F5N6O/c18-16(19,20)17(21,22)29-14-7-5-13(6-8-14)28-10-24-15(26-28)12-3-1-11(2-4-12)9-25-27-23/h1-8,10H,9H2,(H2,23,25). The highest BCUT2D eigenvalue weighted by atomic mass is 19.4. The van der Waals surface area contributed by atoms with Gasteiger partial charge in [-0.05, 0) is 29.8 Å². The molecular formula is C17H13F5N6O. The van der Waals surface area contributed by atoms with Gasteiger partial charge in [0.2, 0.25) is 0 Å². The number of hydrogen-bond donors (Lipinski definition) is 1. The summed E-state index contributed by atoms with van der Waals surface area (Å²) in [5.74, 6) is 4.71. The molecule has 152 valence electrons. The van der Waals surface area contributed by atoms with Gasteiger partial charge in [0.15, 0.2) is 5.82 Å². The summed E-state index contributed by atoms with van der Waals surface area (Å²) >= 11 is 0. The Bertz CT molecular complexity index is 983. The van der Waals surface area contributed by atoms with Crippen LogP contribution in [0, 0.1) is 0 Å². The Hall–Kier alpha value is -3.57. The molecule has 0 atom stereocenters. The maximum absolute atomic E-state index is 12.9. The molecule has 0 aliphatic rings. The lowest BCUT2D eigenvalue weighted by molar-refractivity contribution is -0.360.